The van der Waals surface area contributed by atoms with Gasteiger partial charge in [0.05, 0.1) is 11.6 Å². The van der Waals surface area contributed by atoms with Crippen LogP contribution in [0.1, 0.15) is 17.5 Å². The van der Waals surface area contributed by atoms with Gasteiger partial charge < -0.3 is 19.7 Å². The first kappa shape index (κ1) is 26.4. The van der Waals surface area contributed by atoms with E-state index in [1.165, 1.54) is 4.90 Å². The highest BCUT2D eigenvalue weighted by molar-refractivity contribution is 6.16. The van der Waals surface area contributed by atoms with E-state index in [1.54, 1.807) is 37.4 Å². The number of carbonyl (C=O) groups excluding carboxylic acids is 4. The number of imide groups is 1. The van der Waals surface area contributed by atoms with Crippen LogP contribution in [-0.2, 0) is 32.3 Å². The first-order valence-electron chi connectivity index (χ1n) is 12.2. The number of amides is 4. The number of nitrogens with zero attached hydrogens (tertiary/aromatic N) is 2. The lowest BCUT2D eigenvalue weighted by atomic mass is 9.95. The van der Waals surface area contributed by atoms with Gasteiger partial charge in [-0.15, -0.1) is 0 Å². The van der Waals surface area contributed by atoms with Crippen molar-refractivity contribution >= 4 is 29.7 Å². The molecule has 0 spiro atoms. The number of esters is 1. The maximum absolute atomic E-state index is 13.4. The summed E-state index contributed by atoms with van der Waals surface area (Å²) in [4.78, 5) is 54.4. The van der Waals surface area contributed by atoms with E-state index in [4.69, 9.17) is 9.47 Å². The van der Waals surface area contributed by atoms with Gasteiger partial charge in [-0.25, -0.2) is 19.3 Å². The van der Waals surface area contributed by atoms with Gasteiger partial charge in [-0.1, -0.05) is 78.9 Å². The predicted molar refractivity (Wildman–Crippen MR) is 140 cm³/mol. The molecule has 1 fully saturated rings. The van der Waals surface area contributed by atoms with Gasteiger partial charge in [0, 0.05) is 13.6 Å². The Morgan fingerprint density at radius 1 is 0.842 bits per heavy atom. The number of benzene rings is 3. The molecule has 0 aliphatic carbocycles. The second kappa shape index (κ2) is 12.5. The summed E-state index contributed by atoms with van der Waals surface area (Å²) in [6.07, 6.45) is -0.892. The summed E-state index contributed by atoms with van der Waals surface area (Å²) in [6.45, 7) is 0.105. The van der Waals surface area contributed by atoms with Gasteiger partial charge in [-0.05, 0) is 29.7 Å². The molecule has 4 amide bonds. The molecule has 0 bridgehead atoms. The van der Waals surface area contributed by atoms with Gasteiger partial charge in [0.25, 0.3) is 0 Å². The van der Waals surface area contributed by atoms with Crippen molar-refractivity contribution in [1.29, 1.82) is 0 Å². The fraction of sp³-hybridized carbons (Fsp3) is 0.241. The van der Waals surface area contributed by atoms with Crippen molar-refractivity contribution in [2.75, 3.05) is 18.5 Å². The van der Waals surface area contributed by atoms with E-state index in [0.717, 1.165) is 16.0 Å². The third-order valence-electron chi connectivity index (χ3n) is 6.13. The van der Waals surface area contributed by atoms with Crippen molar-refractivity contribution < 1.29 is 28.7 Å². The number of rotatable bonds is 9. The van der Waals surface area contributed by atoms with Crippen LogP contribution >= 0.6 is 0 Å². The largest absolute Gasteiger partial charge is 0.459 e. The minimum Gasteiger partial charge on any atom is -0.459 e. The highest BCUT2D eigenvalue weighted by Crippen LogP contribution is 2.26. The molecule has 4 rings (SSSR count). The van der Waals surface area contributed by atoms with Crippen LogP contribution in [0.5, 0.6) is 0 Å². The number of carbonyl (C=O) groups is 4. The average Bonchev–Trinajstić information content (AvgIpc) is 2.95. The molecule has 1 aliphatic rings. The normalized spacial score (nSPS) is 16.1. The number of hydrogen-bond acceptors (Lipinski definition) is 6. The van der Waals surface area contributed by atoms with Crippen molar-refractivity contribution in [3.63, 3.8) is 0 Å². The minimum atomic E-state index is -1.17. The number of nitrogens with one attached hydrogen (secondary N) is 1. The molecule has 1 saturated heterocycles. The molecule has 0 saturated carbocycles. The summed E-state index contributed by atoms with van der Waals surface area (Å²) >= 11 is 0. The van der Waals surface area contributed by atoms with Crippen LogP contribution in [0.2, 0.25) is 0 Å². The third kappa shape index (κ3) is 6.76. The topological polar surface area (TPSA) is 105 Å². The Balaban J connectivity index is 1.48. The van der Waals surface area contributed by atoms with Gasteiger partial charge in [-0.3, -0.25) is 4.79 Å². The van der Waals surface area contributed by atoms with Gasteiger partial charge >= 0.3 is 18.1 Å². The van der Waals surface area contributed by atoms with Crippen LogP contribution in [0, 0.1) is 5.92 Å². The lowest BCUT2D eigenvalue weighted by molar-refractivity contribution is -0.148. The number of ether oxygens (including phenoxy) is 2. The van der Waals surface area contributed by atoms with Crippen LogP contribution in [-0.4, -0.2) is 48.5 Å². The summed E-state index contributed by atoms with van der Waals surface area (Å²) in [5, 5.41) is 2.56. The average molecular weight is 516 g/mol. The van der Waals surface area contributed by atoms with Crippen LogP contribution < -0.4 is 10.2 Å². The quantitative estimate of drug-likeness (QED) is 0.430. The Morgan fingerprint density at radius 3 is 1.95 bits per heavy atom. The summed E-state index contributed by atoms with van der Waals surface area (Å²) < 4.78 is 10.8. The number of hydrogen-bond donors (Lipinski definition) is 1. The van der Waals surface area contributed by atoms with Crippen molar-refractivity contribution in [1.82, 2.24) is 10.2 Å². The number of anilines is 1. The van der Waals surface area contributed by atoms with E-state index in [-0.39, 0.29) is 26.2 Å². The van der Waals surface area contributed by atoms with E-state index in [0.29, 0.717) is 5.69 Å². The maximum Gasteiger partial charge on any atom is 0.408 e. The molecular formula is C29H29N3O6. The Labute approximate surface area is 220 Å². The first-order chi connectivity index (χ1) is 18.4. The number of alkyl carbamates (subject to hydrolysis) is 1. The summed E-state index contributed by atoms with van der Waals surface area (Å²) in [6, 6.07) is 25.2. The van der Waals surface area contributed by atoms with E-state index in [2.05, 4.69) is 5.32 Å². The van der Waals surface area contributed by atoms with Gasteiger partial charge in [-0.2, -0.15) is 0 Å². The molecule has 3 aromatic carbocycles. The maximum atomic E-state index is 13.4. The fourth-order valence-corrected chi connectivity index (χ4v) is 4.16. The zero-order chi connectivity index (χ0) is 26.9. The monoisotopic (exact) mass is 515 g/mol. The van der Waals surface area contributed by atoms with Crippen molar-refractivity contribution in [2.24, 2.45) is 5.92 Å². The van der Waals surface area contributed by atoms with E-state index < -0.39 is 36.0 Å². The Bertz CT molecular complexity index is 1250. The lowest BCUT2D eigenvalue weighted by Crippen LogP contribution is -2.57. The molecule has 0 unspecified atom stereocenters. The summed E-state index contributed by atoms with van der Waals surface area (Å²) in [7, 11) is 1.59. The smallest absolute Gasteiger partial charge is 0.408 e. The highest BCUT2D eigenvalue weighted by Gasteiger charge is 2.41. The Hall–Kier alpha value is -4.66. The summed E-state index contributed by atoms with van der Waals surface area (Å²) in [5.74, 6) is -1.93. The molecule has 0 radical (unpaired) electrons. The molecule has 0 aromatic heterocycles. The molecule has 1 aliphatic heterocycles. The van der Waals surface area contributed by atoms with Crippen LogP contribution in [0.25, 0.3) is 0 Å². The van der Waals surface area contributed by atoms with Crippen LogP contribution in [0.3, 0.4) is 0 Å². The molecule has 196 valence electrons. The number of para-hydroxylation sites is 1. The standard InChI is InChI=1S/C29H29N3O6/c1-31-18-23(26(33)32(29(31)36)24-15-9-4-10-16-24)17-25(27(34)37-19-21-11-5-2-6-12-21)30-28(35)38-20-22-13-7-3-8-14-22/h2-16,23,25H,17-20H2,1H3,(H,30,35)/t23-,25-/m0/s1. The van der Waals surface area contributed by atoms with Crippen molar-refractivity contribution in [2.45, 2.75) is 25.7 Å². The highest BCUT2D eigenvalue weighted by atomic mass is 16.6. The SMILES string of the molecule is CN1C[C@H](C[C@H](NC(=O)OCc2ccccc2)C(=O)OCc2ccccc2)C(=O)N(c2ccccc2)C1=O. The zero-order valence-electron chi connectivity index (χ0n) is 21.0. The van der Waals surface area contributed by atoms with Crippen molar-refractivity contribution in [3.05, 3.63) is 102 Å². The molecule has 1 N–H and O–H groups in total. The number of urea groups is 1. The second-order valence-electron chi connectivity index (χ2n) is 8.96. The zero-order valence-corrected chi connectivity index (χ0v) is 21.0. The second-order valence-corrected chi connectivity index (χ2v) is 8.96. The van der Waals surface area contributed by atoms with Gasteiger partial charge in [0.2, 0.25) is 5.91 Å². The molecular weight excluding hydrogens is 486 g/mol. The predicted octanol–water partition coefficient (Wildman–Crippen LogP) is 4.13. The molecule has 38 heavy (non-hydrogen) atoms. The molecule has 1 heterocycles. The van der Waals surface area contributed by atoms with Crippen LogP contribution in [0.4, 0.5) is 15.3 Å². The fourth-order valence-electron chi connectivity index (χ4n) is 4.16. The Morgan fingerprint density at radius 2 is 1.37 bits per heavy atom. The van der Waals surface area contributed by atoms with E-state index in [9.17, 15) is 19.2 Å². The van der Waals surface area contributed by atoms with Gasteiger partial charge in [0.15, 0.2) is 0 Å². The molecule has 3 aromatic rings. The lowest BCUT2D eigenvalue weighted by Gasteiger charge is -2.37. The molecule has 9 nitrogen and oxygen atoms in total. The first-order valence-corrected chi connectivity index (χ1v) is 12.2. The van der Waals surface area contributed by atoms with Gasteiger partial charge in [0.1, 0.15) is 19.3 Å². The van der Waals surface area contributed by atoms with Crippen molar-refractivity contribution in [3.8, 4) is 0 Å². The molecule has 2 atom stereocenters. The van der Waals surface area contributed by atoms with E-state index >= 15 is 0 Å². The Kier molecular flexibility index (Phi) is 8.71. The third-order valence-corrected chi connectivity index (χ3v) is 6.13. The minimum absolute atomic E-state index is 0.00403. The van der Waals surface area contributed by atoms with Crippen LogP contribution in [0.15, 0.2) is 91.0 Å². The molecule has 9 heteroatoms. The summed E-state index contributed by atoms with van der Waals surface area (Å²) in [5.41, 5.74) is 1.99. The van der Waals surface area contributed by atoms with E-state index in [1.807, 2.05) is 60.7 Å².